The summed E-state index contributed by atoms with van der Waals surface area (Å²) in [6, 6.07) is 7.26. The van der Waals surface area contributed by atoms with Gasteiger partial charge in [-0.1, -0.05) is 0 Å². The Morgan fingerprint density at radius 3 is 2.83 bits per heavy atom. The summed E-state index contributed by atoms with van der Waals surface area (Å²) in [6.45, 7) is 0. The fraction of sp³-hybridized carbons (Fsp3) is 0. The van der Waals surface area contributed by atoms with Gasteiger partial charge in [0.05, 0.1) is 4.47 Å². The molecule has 0 aliphatic heterocycles. The number of hydrogen-bond acceptors (Lipinski definition) is 3. The number of hydrogen-bond donors (Lipinski definition) is 2. The van der Waals surface area contributed by atoms with Crippen LogP contribution in [0.1, 0.15) is 10.4 Å². The van der Waals surface area contributed by atoms with Crippen LogP contribution >= 0.6 is 15.9 Å². The molecule has 2 N–H and O–H groups in total. The summed E-state index contributed by atoms with van der Waals surface area (Å²) in [6.07, 6.45) is 1.48. The van der Waals surface area contributed by atoms with E-state index in [1.807, 2.05) is 0 Å². The summed E-state index contributed by atoms with van der Waals surface area (Å²) >= 11 is 3.06. The van der Waals surface area contributed by atoms with Gasteiger partial charge in [-0.2, -0.15) is 0 Å². The van der Waals surface area contributed by atoms with Crippen molar-refractivity contribution in [3.63, 3.8) is 0 Å². The van der Waals surface area contributed by atoms with Gasteiger partial charge in [0.25, 0.3) is 0 Å². The van der Waals surface area contributed by atoms with Crippen LogP contribution in [-0.4, -0.2) is 16.1 Å². The van der Waals surface area contributed by atoms with Gasteiger partial charge in [-0.05, 0) is 46.3 Å². The molecule has 1 aromatic carbocycles. The zero-order valence-electron chi connectivity index (χ0n) is 9.02. The first kappa shape index (κ1) is 12.5. The van der Waals surface area contributed by atoms with Gasteiger partial charge in [0.15, 0.2) is 0 Å². The Balaban J connectivity index is 2.34. The molecule has 1 aromatic heterocycles. The molecule has 4 nitrogen and oxygen atoms in total. The van der Waals surface area contributed by atoms with E-state index in [2.05, 4.69) is 26.2 Å². The van der Waals surface area contributed by atoms with Crippen molar-refractivity contribution in [1.29, 1.82) is 0 Å². The molecule has 0 bridgehead atoms. The molecule has 2 aromatic rings. The predicted octanol–water partition coefficient (Wildman–Crippen LogP) is 3.43. The molecule has 0 amide bonds. The number of aromatic carboxylic acids is 1. The highest BCUT2D eigenvalue weighted by molar-refractivity contribution is 9.10. The molecule has 0 radical (unpaired) electrons. The number of carboxylic acid groups (broad SMARTS) is 1. The van der Waals surface area contributed by atoms with Crippen molar-refractivity contribution in [3.8, 4) is 0 Å². The normalized spacial score (nSPS) is 10.1. The van der Waals surface area contributed by atoms with Crippen LogP contribution in [0.5, 0.6) is 0 Å². The Labute approximate surface area is 111 Å². The number of halogens is 2. The second-order valence-electron chi connectivity index (χ2n) is 3.46. The minimum absolute atomic E-state index is 0.0537. The molecule has 0 aliphatic rings. The molecule has 0 fully saturated rings. The summed E-state index contributed by atoms with van der Waals surface area (Å²) < 4.78 is 13.4. The van der Waals surface area contributed by atoms with Crippen LogP contribution in [-0.2, 0) is 0 Å². The zero-order valence-corrected chi connectivity index (χ0v) is 10.6. The molecule has 0 aliphatic carbocycles. The average molecular weight is 311 g/mol. The molecular formula is C12H8BrFN2O2. The standard InChI is InChI=1S/C12H8BrFN2O2/c13-9-6-7(3-4-10(9)14)16-11-8(12(17)18)2-1-5-15-11/h1-6H,(H,15,16)(H,17,18). The van der Waals surface area contributed by atoms with E-state index in [4.69, 9.17) is 5.11 Å². The van der Waals surface area contributed by atoms with Gasteiger partial charge in [-0.3, -0.25) is 0 Å². The molecule has 1 heterocycles. The fourth-order valence-electron chi connectivity index (χ4n) is 1.39. The molecule has 0 saturated carbocycles. The molecule has 0 saturated heterocycles. The number of nitrogens with zero attached hydrogens (tertiary/aromatic N) is 1. The Morgan fingerprint density at radius 2 is 2.17 bits per heavy atom. The Bertz CT molecular complexity index is 604. The third-order valence-electron chi connectivity index (χ3n) is 2.22. The molecule has 6 heteroatoms. The second-order valence-corrected chi connectivity index (χ2v) is 4.31. The highest BCUT2D eigenvalue weighted by Crippen LogP contribution is 2.23. The number of pyridine rings is 1. The Hall–Kier alpha value is -1.95. The van der Waals surface area contributed by atoms with Crippen LogP contribution in [0.3, 0.4) is 0 Å². The fourth-order valence-corrected chi connectivity index (χ4v) is 1.77. The van der Waals surface area contributed by atoms with E-state index in [-0.39, 0.29) is 17.2 Å². The number of aromatic nitrogens is 1. The number of carbonyl (C=O) groups is 1. The maximum atomic E-state index is 13.1. The lowest BCUT2D eigenvalue weighted by Gasteiger charge is -2.08. The first-order valence-electron chi connectivity index (χ1n) is 4.98. The Kier molecular flexibility index (Phi) is 3.57. The van der Waals surface area contributed by atoms with Crippen molar-refractivity contribution in [2.24, 2.45) is 0 Å². The molecule has 0 unspecified atom stereocenters. The van der Waals surface area contributed by atoms with E-state index in [1.165, 1.54) is 36.5 Å². The number of rotatable bonds is 3. The molecule has 2 rings (SSSR count). The van der Waals surface area contributed by atoms with Gasteiger partial charge in [0, 0.05) is 11.9 Å². The van der Waals surface area contributed by atoms with E-state index in [1.54, 1.807) is 0 Å². The lowest BCUT2D eigenvalue weighted by molar-refractivity contribution is 0.0697. The second kappa shape index (κ2) is 5.14. The largest absolute Gasteiger partial charge is 0.478 e. The van der Waals surface area contributed by atoms with Crippen LogP contribution in [0, 0.1) is 5.82 Å². The quantitative estimate of drug-likeness (QED) is 0.911. The number of anilines is 2. The van der Waals surface area contributed by atoms with Crippen LogP contribution in [0.15, 0.2) is 41.0 Å². The van der Waals surface area contributed by atoms with Crippen LogP contribution in [0.25, 0.3) is 0 Å². The maximum Gasteiger partial charge on any atom is 0.339 e. The summed E-state index contributed by atoms with van der Waals surface area (Å²) in [7, 11) is 0. The van der Waals surface area contributed by atoms with Crippen LogP contribution < -0.4 is 5.32 Å². The summed E-state index contributed by atoms with van der Waals surface area (Å²) in [5, 5.41) is 11.8. The zero-order chi connectivity index (χ0) is 13.1. The maximum absolute atomic E-state index is 13.1. The van der Waals surface area contributed by atoms with Crippen molar-refractivity contribution in [2.75, 3.05) is 5.32 Å². The van der Waals surface area contributed by atoms with E-state index < -0.39 is 5.97 Å². The minimum atomic E-state index is -1.08. The van der Waals surface area contributed by atoms with Crippen LogP contribution in [0.4, 0.5) is 15.9 Å². The molecule has 0 spiro atoms. The number of benzene rings is 1. The lowest BCUT2D eigenvalue weighted by Crippen LogP contribution is -2.04. The van der Waals surface area contributed by atoms with E-state index in [9.17, 15) is 9.18 Å². The van der Waals surface area contributed by atoms with Gasteiger partial charge in [0.1, 0.15) is 17.2 Å². The smallest absolute Gasteiger partial charge is 0.339 e. The monoisotopic (exact) mass is 310 g/mol. The average Bonchev–Trinajstić information content (AvgIpc) is 2.34. The number of nitrogens with one attached hydrogen (secondary N) is 1. The van der Waals surface area contributed by atoms with Gasteiger partial charge in [-0.25, -0.2) is 14.2 Å². The first-order valence-corrected chi connectivity index (χ1v) is 5.77. The third-order valence-corrected chi connectivity index (χ3v) is 2.83. The van der Waals surface area contributed by atoms with Crippen molar-refractivity contribution in [2.45, 2.75) is 0 Å². The van der Waals surface area contributed by atoms with Crippen molar-refractivity contribution in [1.82, 2.24) is 4.98 Å². The molecule has 0 atom stereocenters. The lowest BCUT2D eigenvalue weighted by atomic mass is 10.2. The van der Waals surface area contributed by atoms with E-state index in [0.717, 1.165) is 0 Å². The third kappa shape index (κ3) is 2.65. The predicted molar refractivity (Wildman–Crippen MR) is 68.6 cm³/mol. The van der Waals surface area contributed by atoms with Gasteiger partial charge >= 0.3 is 5.97 Å². The summed E-state index contributed by atoms with van der Waals surface area (Å²) in [4.78, 5) is 14.9. The van der Waals surface area contributed by atoms with Crippen LogP contribution in [0.2, 0.25) is 0 Å². The Morgan fingerprint density at radius 1 is 1.39 bits per heavy atom. The minimum Gasteiger partial charge on any atom is -0.478 e. The highest BCUT2D eigenvalue weighted by atomic mass is 79.9. The van der Waals surface area contributed by atoms with E-state index >= 15 is 0 Å². The number of carboxylic acids is 1. The van der Waals surface area contributed by atoms with Gasteiger partial charge < -0.3 is 10.4 Å². The topological polar surface area (TPSA) is 62.2 Å². The molecule has 18 heavy (non-hydrogen) atoms. The molecule has 92 valence electrons. The highest BCUT2D eigenvalue weighted by Gasteiger charge is 2.11. The van der Waals surface area contributed by atoms with Gasteiger partial charge in [0.2, 0.25) is 0 Å². The molecular weight excluding hydrogens is 303 g/mol. The SMILES string of the molecule is O=C(O)c1cccnc1Nc1ccc(F)c(Br)c1. The summed E-state index contributed by atoms with van der Waals surface area (Å²) in [5.74, 6) is -1.25. The van der Waals surface area contributed by atoms with Crippen molar-refractivity contribution in [3.05, 3.63) is 52.4 Å². The summed E-state index contributed by atoms with van der Waals surface area (Å²) in [5.41, 5.74) is 0.599. The van der Waals surface area contributed by atoms with Crippen molar-refractivity contribution >= 4 is 33.4 Å². The first-order chi connectivity index (χ1) is 8.58. The van der Waals surface area contributed by atoms with Gasteiger partial charge in [-0.15, -0.1) is 0 Å². The van der Waals surface area contributed by atoms with Crippen molar-refractivity contribution < 1.29 is 14.3 Å². The van der Waals surface area contributed by atoms with E-state index in [0.29, 0.717) is 10.2 Å².